The Morgan fingerprint density at radius 3 is 3.00 bits per heavy atom. The van der Waals surface area contributed by atoms with Crippen LogP contribution in [0.1, 0.15) is 19.3 Å². The van der Waals surface area contributed by atoms with Gasteiger partial charge in [0.2, 0.25) is 0 Å². The van der Waals surface area contributed by atoms with Gasteiger partial charge < -0.3 is 15.7 Å². The molecule has 0 aromatic carbocycles. The summed E-state index contributed by atoms with van der Waals surface area (Å²) >= 11 is 0. The van der Waals surface area contributed by atoms with E-state index in [0.29, 0.717) is 18.0 Å². The Morgan fingerprint density at radius 1 is 1.33 bits per heavy atom. The van der Waals surface area contributed by atoms with Gasteiger partial charge in [0.05, 0.1) is 6.10 Å². The molecule has 4 bridgehead atoms. The third-order valence-corrected chi connectivity index (χ3v) is 5.16. The first kappa shape index (κ1) is 8.59. The quantitative estimate of drug-likeness (QED) is 0.531. The van der Waals surface area contributed by atoms with Crippen LogP contribution in [-0.4, -0.2) is 29.8 Å². The molecule has 2 aliphatic carbocycles. The number of piperidine rings is 1. The van der Waals surface area contributed by atoms with Crippen LogP contribution in [0.2, 0.25) is 0 Å². The first-order valence-electron chi connectivity index (χ1n) is 6.15. The summed E-state index contributed by atoms with van der Waals surface area (Å²) < 4.78 is 0. The van der Waals surface area contributed by atoms with Crippen LogP contribution < -0.4 is 10.6 Å². The Morgan fingerprint density at radius 2 is 2.20 bits per heavy atom. The smallest absolute Gasteiger partial charge is 0.0627 e. The summed E-state index contributed by atoms with van der Waals surface area (Å²) in [6, 6.07) is 1.04. The second kappa shape index (κ2) is 2.58. The molecule has 2 saturated heterocycles. The normalized spacial score (nSPS) is 60.2. The summed E-state index contributed by atoms with van der Waals surface area (Å²) in [5.41, 5.74) is 0.218. The standard InChI is InChI=1S/C12H18N2O/c15-10-5-12(10)8-3-7-1-2-13-11(12)9(4-7)14-6-8/h1-2,7-11,13-15H,3-6H2/t7-,8?,9?,10?,11-,12?/m1/s1. The van der Waals surface area contributed by atoms with E-state index in [1.165, 1.54) is 12.8 Å². The Hall–Kier alpha value is -0.540. The molecule has 1 spiro atoms. The van der Waals surface area contributed by atoms with Gasteiger partial charge in [0, 0.05) is 17.5 Å². The lowest BCUT2D eigenvalue weighted by molar-refractivity contribution is 0.0923. The summed E-state index contributed by atoms with van der Waals surface area (Å²) in [7, 11) is 0. The molecule has 82 valence electrons. The maximum atomic E-state index is 10.0. The van der Waals surface area contributed by atoms with E-state index in [-0.39, 0.29) is 11.5 Å². The van der Waals surface area contributed by atoms with Gasteiger partial charge in [-0.15, -0.1) is 0 Å². The zero-order chi connectivity index (χ0) is 10.0. The van der Waals surface area contributed by atoms with Gasteiger partial charge in [-0.05, 0) is 43.8 Å². The Balaban J connectivity index is 1.82. The first-order valence-corrected chi connectivity index (χ1v) is 6.15. The fraction of sp³-hybridized carbons (Fsp3) is 0.833. The fourth-order valence-electron chi connectivity index (χ4n) is 4.31. The van der Waals surface area contributed by atoms with E-state index in [1.54, 1.807) is 0 Å². The number of nitrogens with one attached hydrogen (secondary N) is 2. The maximum absolute atomic E-state index is 10.0. The highest BCUT2D eigenvalue weighted by Crippen LogP contribution is 2.61. The lowest BCUT2D eigenvalue weighted by Crippen LogP contribution is -2.59. The largest absolute Gasteiger partial charge is 0.392 e. The van der Waals surface area contributed by atoms with E-state index in [2.05, 4.69) is 22.9 Å². The molecule has 3 N–H and O–H groups in total. The monoisotopic (exact) mass is 206 g/mol. The van der Waals surface area contributed by atoms with Crippen LogP contribution in [0.4, 0.5) is 0 Å². The molecule has 15 heavy (non-hydrogen) atoms. The summed E-state index contributed by atoms with van der Waals surface area (Å²) in [6.45, 7) is 1.12. The highest BCUT2D eigenvalue weighted by atomic mass is 16.3. The topological polar surface area (TPSA) is 44.3 Å². The minimum atomic E-state index is -0.0464. The highest BCUT2D eigenvalue weighted by molar-refractivity contribution is 5.23. The van der Waals surface area contributed by atoms with Crippen LogP contribution >= 0.6 is 0 Å². The average Bonchev–Trinajstić information content (AvgIpc) is 2.94. The van der Waals surface area contributed by atoms with E-state index in [0.717, 1.165) is 18.9 Å². The second-order valence-electron chi connectivity index (χ2n) is 5.78. The summed E-state index contributed by atoms with van der Waals surface area (Å²) in [5.74, 6) is 1.40. The second-order valence-corrected chi connectivity index (χ2v) is 5.78. The SMILES string of the molecule is OC1CC12C1CNC3C[C@H](C=CN[C@H]32)C1. The van der Waals surface area contributed by atoms with Crippen molar-refractivity contribution in [2.45, 2.75) is 37.5 Å². The summed E-state index contributed by atoms with van der Waals surface area (Å²) in [5, 5.41) is 17.2. The molecule has 3 heterocycles. The third-order valence-electron chi connectivity index (χ3n) is 5.16. The van der Waals surface area contributed by atoms with Gasteiger partial charge in [-0.1, -0.05) is 6.08 Å². The van der Waals surface area contributed by atoms with E-state index in [9.17, 15) is 5.11 Å². The van der Waals surface area contributed by atoms with Crippen molar-refractivity contribution in [2.75, 3.05) is 6.54 Å². The van der Waals surface area contributed by atoms with E-state index in [1.807, 2.05) is 0 Å². The third kappa shape index (κ3) is 0.936. The molecular formula is C12H18N2O. The molecule has 6 atom stereocenters. The van der Waals surface area contributed by atoms with Gasteiger partial charge >= 0.3 is 0 Å². The zero-order valence-corrected chi connectivity index (χ0v) is 8.82. The lowest BCUT2D eigenvalue weighted by Gasteiger charge is -2.42. The van der Waals surface area contributed by atoms with Gasteiger partial charge in [-0.3, -0.25) is 0 Å². The van der Waals surface area contributed by atoms with Crippen LogP contribution in [0.15, 0.2) is 12.3 Å². The van der Waals surface area contributed by atoms with E-state index >= 15 is 0 Å². The van der Waals surface area contributed by atoms with Crippen LogP contribution in [0.3, 0.4) is 0 Å². The minimum absolute atomic E-state index is 0.0464. The summed E-state index contributed by atoms with van der Waals surface area (Å²) in [4.78, 5) is 0. The molecular weight excluding hydrogens is 188 g/mol. The number of allylic oxidation sites excluding steroid dienone is 1. The molecule has 3 aliphatic heterocycles. The van der Waals surface area contributed by atoms with Gasteiger partial charge in [-0.2, -0.15) is 0 Å². The van der Waals surface area contributed by atoms with Crippen LogP contribution in [0.5, 0.6) is 0 Å². The van der Waals surface area contributed by atoms with Crippen LogP contribution in [0, 0.1) is 17.3 Å². The molecule has 5 rings (SSSR count). The predicted molar refractivity (Wildman–Crippen MR) is 57.1 cm³/mol. The molecule has 5 aliphatic rings. The molecule has 2 saturated carbocycles. The first-order chi connectivity index (χ1) is 7.30. The van der Waals surface area contributed by atoms with Gasteiger partial charge in [0.1, 0.15) is 0 Å². The van der Waals surface area contributed by atoms with Crippen molar-refractivity contribution in [1.29, 1.82) is 0 Å². The van der Waals surface area contributed by atoms with Crippen molar-refractivity contribution in [2.24, 2.45) is 17.3 Å². The predicted octanol–water partition coefficient (Wildman–Crippen LogP) is 0.221. The van der Waals surface area contributed by atoms with Crippen molar-refractivity contribution < 1.29 is 5.11 Å². The Labute approximate surface area is 89.9 Å². The molecule has 0 aromatic rings. The lowest BCUT2D eigenvalue weighted by atomic mass is 9.75. The van der Waals surface area contributed by atoms with E-state index < -0.39 is 0 Å². The molecule has 0 aromatic heterocycles. The fourth-order valence-corrected chi connectivity index (χ4v) is 4.31. The number of aliphatic hydroxyl groups is 1. The van der Waals surface area contributed by atoms with Crippen molar-refractivity contribution in [1.82, 2.24) is 10.6 Å². The van der Waals surface area contributed by atoms with Gasteiger partial charge in [0.15, 0.2) is 0 Å². The number of rotatable bonds is 0. The summed E-state index contributed by atoms with van der Waals surface area (Å²) in [6.07, 6.45) is 7.96. The average molecular weight is 206 g/mol. The number of hydrogen-bond acceptors (Lipinski definition) is 3. The Kier molecular flexibility index (Phi) is 1.48. The molecule has 0 radical (unpaired) electrons. The van der Waals surface area contributed by atoms with Crippen molar-refractivity contribution >= 4 is 0 Å². The van der Waals surface area contributed by atoms with Crippen LogP contribution in [0.25, 0.3) is 0 Å². The Bertz CT molecular complexity index is 330. The minimum Gasteiger partial charge on any atom is -0.392 e. The molecule has 4 unspecified atom stereocenters. The molecule has 3 heteroatoms. The van der Waals surface area contributed by atoms with Gasteiger partial charge in [-0.25, -0.2) is 0 Å². The van der Waals surface area contributed by atoms with Crippen LogP contribution in [-0.2, 0) is 0 Å². The number of fused-ring (bicyclic) bond motifs is 1. The number of aliphatic hydroxyl groups excluding tert-OH is 1. The highest BCUT2D eigenvalue weighted by Gasteiger charge is 2.67. The molecule has 4 fully saturated rings. The molecule has 0 amide bonds. The number of hydrogen-bond donors (Lipinski definition) is 3. The van der Waals surface area contributed by atoms with Crippen molar-refractivity contribution in [3.63, 3.8) is 0 Å². The van der Waals surface area contributed by atoms with E-state index in [4.69, 9.17) is 0 Å². The van der Waals surface area contributed by atoms with Crippen molar-refractivity contribution in [3.05, 3.63) is 12.3 Å². The van der Waals surface area contributed by atoms with Gasteiger partial charge in [0.25, 0.3) is 0 Å². The maximum Gasteiger partial charge on any atom is 0.0627 e. The zero-order valence-electron chi connectivity index (χ0n) is 8.82. The van der Waals surface area contributed by atoms with Crippen molar-refractivity contribution in [3.8, 4) is 0 Å². The molecule has 3 nitrogen and oxygen atoms in total.